The van der Waals surface area contributed by atoms with E-state index in [9.17, 15) is 4.79 Å². The molecule has 114 valence electrons. The second-order valence-electron chi connectivity index (χ2n) is 6.64. The maximum atomic E-state index is 12.4. The van der Waals surface area contributed by atoms with Crippen LogP contribution < -0.4 is 4.74 Å². The molecule has 0 N–H and O–H groups in total. The minimum atomic E-state index is 0.335. The van der Waals surface area contributed by atoms with Gasteiger partial charge in [-0.15, -0.1) is 0 Å². The average molecular weight is 286 g/mol. The summed E-state index contributed by atoms with van der Waals surface area (Å²) in [5.74, 6) is 2.64. The van der Waals surface area contributed by atoms with Crippen molar-refractivity contribution >= 4 is 5.78 Å². The van der Waals surface area contributed by atoms with Crippen LogP contribution >= 0.6 is 0 Å². The predicted octanol–water partition coefficient (Wildman–Crippen LogP) is 4.34. The first kappa shape index (κ1) is 14.6. The van der Waals surface area contributed by atoms with Gasteiger partial charge in [-0.2, -0.15) is 0 Å². The Morgan fingerprint density at radius 2 is 2.24 bits per heavy atom. The largest absolute Gasteiger partial charge is 0.493 e. The molecule has 1 aromatic rings. The van der Waals surface area contributed by atoms with Gasteiger partial charge in [0.2, 0.25) is 0 Å². The standard InChI is InChI=1S/C19H26O2/c1-2-14-4-3-5-16(12-14)18(20)8-6-15-7-9-19-17(13-15)10-11-21-19/h7,9,13-14,16H,2-6,8,10-12H2,1H3. The van der Waals surface area contributed by atoms with Crippen molar-refractivity contribution in [3.05, 3.63) is 29.3 Å². The maximum absolute atomic E-state index is 12.4. The van der Waals surface area contributed by atoms with E-state index in [1.807, 2.05) is 0 Å². The summed E-state index contributed by atoms with van der Waals surface area (Å²) in [6, 6.07) is 6.41. The molecule has 1 heterocycles. The van der Waals surface area contributed by atoms with Gasteiger partial charge in [0.25, 0.3) is 0 Å². The summed E-state index contributed by atoms with van der Waals surface area (Å²) in [6.07, 6.45) is 8.66. The molecule has 2 heteroatoms. The summed E-state index contributed by atoms with van der Waals surface area (Å²) >= 11 is 0. The van der Waals surface area contributed by atoms with Gasteiger partial charge in [0.15, 0.2) is 0 Å². The normalized spacial score (nSPS) is 24.4. The topological polar surface area (TPSA) is 26.3 Å². The number of ether oxygens (including phenoxy) is 1. The number of Topliss-reactive ketones (excluding diaryl/α,β-unsaturated/α-hetero) is 1. The van der Waals surface area contributed by atoms with Crippen molar-refractivity contribution in [1.29, 1.82) is 0 Å². The highest BCUT2D eigenvalue weighted by molar-refractivity contribution is 5.81. The molecule has 0 bridgehead atoms. The Hall–Kier alpha value is -1.31. The fourth-order valence-electron chi connectivity index (χ4n) is 3.82. The van der Waals surface area contributed by atoms with Crippen molar-refractivity contribution in [2.75, 3.05) is 6.61 Å². The number of rotatable bonds is 5. The highest BCUT2D eigenvalue weighted by Crippen LogP contribution is 2.32. The summed E-state index contributed by atoms with van der Waals surface area (Å²) in [5.41, 5.74) is 2.60. The van der Waals surface area contributed by atoms with E-state index < -0.39 is 0 Å². The molecule has 0 amide bonds. The lowest BCUT2D eigenvalue weighted by molar-refractivity contribution is -0.124. The van der Waals surface area contributed by atoms with Crippen molar-refractivity contribution in [1.82, 2.24) is 0 Å². The fraction of sp³-hybridized carbons (Fsp3) is 0.632. The van der Waals surface area contributed by atoms with E-state index in [2.05, 4.69) is 25.1 Å². The minimum absolute atomic E-state index is 0.335. The van der Waals surface area contributed by atoms with Crippen molar-refractivity contribution < 1.29 is 9.53 Å². The lowest BCUT2D eigenvalue weighted by atomic mass is 9.77. The van der Waals surface area contributed by atoms with Crippen molar-refractivity contribution in [3.63, 3.8) is 0 Å². The van der Waals surface area contributed by atoms with Crippen LogP contribution in [0.3, 0.4) is 0 Å². The fourth-order valence-corrected chi connectivity index (χ4v) is 3.82. The van der Waals surface area contributed by atoms with Crippen LogP contribution in [0.2, 0.25) is 0 Å². The zero-order valence-corrected chi connectivity index (χ0v) is 13.1. The van der Waals surface area contributed by atoms with Gasteiger partial charge in [-0.25, -0.2) is 0 Å². The minimum Gasteiger partial charge on any atom is -0.493 e. The highest BCUT2D eigenvalue weighted by Gasteiger charge is 2.25. The molecule has 0 spiro atoms. The first-order valence-corrected chi connectivity index (χ1v) is 8.53. The quantitative estimate of drug-likeness (QED) is 0.805. The average Bonchev–Trinajstić information content (AvgIpc) is 3.00. The smallest absolute Gasteiger partial charge is 0.136 e. The van der Waals surface area contributed by atoms with Gasteiger partial charge in [0, 0.05) is 18.8 Å². The molecular formula is C19H26O2. The van der Waals surface area contributed by atoms with Gasteiger partial charge < -0.3 is 4.74 Å². The SMILES string of the molecule is CCC1CCCC(C(=O)CCc2ccc3c(c2)CCO3)C1. The van der Waals surface area contributed by atoms with Crippen LogP contribution in [0.5, 0.6) is 5.75 Å². The number of ketones is 1. The van der Waals surface area contributed by atoms with Crippen LogP contribution in [0, 0.1) is 11.8 Å². The van der Waals surface area contributed by atoms with E-state index in [0.717, 1.165) is 44.0 Å². The molecule has 1 fully saturated rings. The van der Waals surface area contributed by atoms with Gasteiger partial charge in [0.05, 0.1) is 6.61 Å². The second kappa shape index (κ2) is 6.64. The Kier molecular flexibility index (Phi) is 4.62. The Balaban J connectivity index is 1.53. The summed E-state index contributed by atoms with van der Waals surface area (Å²) in [5, 5.41) is 0. The first-order chi connectivity index (χ1) is 10.3. The highest BCUT2D eigenvalue weighted by atomic mass is 16.5. The number of carbonyl (C=O) groups excluding carboxylic acids is 1. The van der Waals surface area contributed by atoms with E-state index in [1.54, 1.807) is 0 Å². The summed E-state index contributed by atoms with van der Waals surface area (Å²) in [4.78, 5) is 12.4. The van der Waals surface area contributed by atoms with Gasteiger partial charge >= 0.3 is 0 Å². The summed E-state index contributed by atoms with van der Waals surface area (Å²) in [7, 11) is 0. The van der Waals surface area contributed by atoms with Crippen molar-refractivity contribution in [2.45, 2.75) is 58.3 Å². The monoisotopic (exact) mass is 286 g/mol. The third kappa shape index (κ3) is 3.48. The Morgan fingerprint density at radius 1 is 1.33 bits per heavy atom. The number of hydrogen-bond acceptors (Lipinski definition) is 2. The number of fused-ring (bicyclic) bond motifs is 1. The summed E-state index contributed by atoms with van der Waals surface area (Å²) < 4.78 is 5.53. The summed E-state index contributed by atoms with van der Waals surface area (Å²) in [6.45, 7) is 3.06. The van der Waals surface area contributed by atoms with E-state index in [0.29, 0.717) is 18.1 Å². The molecule has 1 aliphatic carbocycles. The molecule has 2 unspecified atom stereocenters. The molecule has 0 saturated heterocycles. The molecule has 1 saturated carbocycles. The van der Waals surface area contributed by atoms with Gasteiger partial charge in [-0.05, 0) is 42.4 Å². The molecule has 21 heavy (non-hydrogen) atoms. The van der Waals surface area contributed by atoms with E-state index in [-0.39, 0.29) is 0 Å². The van der Waals surface area contributed by atoms with Gasteiger partial charge in [-0.3, -0.25) is 4.79 Å². The zero-order valence-electron chi connectivity index (χ0n) is 13.1. The molecule has 0 radical (unpaired) electrons. The van der Waals surface area contributed by atoms with E-state index >= 15 is 0 Å². The molecule has 2 atom stereocenters. The number of carbonyl (C=O) groups is 1. The van der Waals surface area contributed by atoms with E-state index in [4.69, 9.17) is 4.74 Å². The van der Waals surface area contributed by atoms with Crippen LogP contribution in [-0.4, -0.2) is 12.4 Å². The molecule has 0 aromatic heterocycles. The van der Waals surface area contributed by atoms with Crippen LogP contribution in [-0.2, 0) is 17.6 Å². The van der Waals surface area contributed by atoms with E-state index in [1.165, 1.54) is 30.4 Å². The number of aryl methyl sites for hydroxylation is 1. The second-order valence-corrected chi connectivity index (χ2v) is 6.64. The van der Waals surface area contributed by atoms with Crippen LogP contribution in [0.25, 0.3) is 0 Å². The lowest BCUT2D eigenvalue weighted by Gasteiger charge is -2.27. The van der Waals surface area contributed by atoms with Gasteiger partial charge in [0.1, 0.15) is 11.5 Å². The van der Waals surface area contributed by atoms with Crippen LogP contribution in [0.4, 0.5) is 0 Å². The zero-order chi connectivity index (χ0) is 14.7. The third-order valence-corrected chi connectivity index (χ3v) is 5.23. The van der Waals surface area contributed by atoms with Crippen LogP contribution in [0.15, 0.2) is 18.2 Å². The Bertz CT molecular complexity index is 506. The Morgan fingerprint density at radius 3 is 3.10 bits per heavy atom. The Labute approximate surface area is 127 Å². The molecule has 1 aromatic carbocycles. The maximum Gasteiger partial charge on any atom is 0.136 e. The van der Waals surface area contributed by atoms with Crippen molar-refractivity contribution in [2.24, 2.45) is 11.8 Å². The van der Waals surface area contributed by atoms with Crippen LogP contribution in [0.1, 0.15) is 56.6 Å². The lowest BCUT2D eigenvalue weighted by Crippen LogP contribution is -2.23. The molecule has 2 aliphatic rings. The van der Waals surface area contributed by atoms with Crippen molar-refractivity contribution in [3.8, 4) is 5.75 Å². The van der Waals surface area contributed by atoms with Gasteiger partial charge in [-0.1, -0.05) is 38.3 Å². The first-order valence-electron chi connectivity index (χ1n) is 8.53. The number of hydrogen-bond donors (Lipinski definition) is 0. The third-order valence-electron chi connectivity index (χ3n) is 5.23. The molecule has 1 aliphatic heterocycles. The molecule has 3 rings (SSSR count). The molecule has 2 nitrogen and oxygen atoms in total. The number of benzene rings is 1. The predicted molar refractivity (Wildman–Crippen MR) is 84.7 cm³/mol. The molecular weight excluding hydrogens is 260 g/mol.